The number of nitrogens with zero attached hydrogens (tertiary/aromatic N) is 1. The van der Waals surface area contributed by atoms with Gasteiger partial charge in [-0.2, -0.15) is 0 Å². The Morgan fingerprint density at radius 1 is 1.67 bits per heavy atom. The molecule has 2 heterocycles. The van der Waals surface area contributed by atoms with Crippen LogP contribution >= 0.6 is 0 Å². The van der Waals surface area contributed by atoms with E-state index in [1.165, 1.54) is 0 Å². The van der Waals surface area contributed by atoms with E-state index in [1.54, 1.807) is 12.5 Å². The summed E-state index contributed by atoms with van der Waals surface area (Å²) in [7, 11) is 0. The number of aliphatic carboxylic acids is 1. The summed E-state index contributed by atoms with van der Waals surface area (Å²) in [4.78, 5) is 13.8. The molecule has 1 aromatic rings. The maximum atomic E-state index is 11.5. The Bertz CT molecular complexity index is 401. The molecule has 2 rings (SSSR count). The number of carbonyl (C=O) groups is 1. The van der Waals surface area contributed by atoms with Crippen molar-refractivity contribution in [2.24, 2.45) is 5.41 Å². The fourth-order valence-electron chi connectivity index (χ4n) is 2.92. The molecule has 1 aliphatic heterocycles. The molecule has 2 unspecified atom stereocenters. The van der Waals surface area contributed by atoms with Gasteiger partial charge in [-0.25, -0.2) is 0 Å². The van der Waals surface area contributed by atoms with E-state index in [0.717, 1.165) is 31.4 Å². The zero-order chi connectivity index (χ0) is 13.2. The molecule has 100 valence electrons. The van der Waals surface area contributed by atoms with E-state index in [2.05, 4.69) is 11.8 Å². The van der Waals surface area contributed by atoms with Crippen LogP contribution in [0.3, 0.4) is 0 Å². The van der Waals surface area contributed by atoms with E-state index in [0.29, 0.717) is 6.54 Å². The van der Waals surface area contributed by atoms with E-state index in [9.17, 15) is 9.90 Å². The lowest BCUT2D eigenvalue weighted by atomic mass is 9.82. The van der Waals surface area contributed by atoms with Crippen LogP contribution in [-0.2, 0) is 4.79 Å². The molecule has 2 atom stereocenters. The van der Waals surface area contributed by atoms with E-state index < -0.39 is 11.4 Å². The average molecular weight is 251 g/mol. The minimum absolute atomic E-state index is 0.224. The molecular formula is C14H21NO3. The highest BCUT2D eigenvalue weighted by molar-refractivity contribution is 5.75. The van der Waals surface area contributed by atoms with Crippen LogP contribution in [0.4, 0.5) is 0 Å². The average Bonchev–Trinajstić information content (AvgIpc) is 2.98. The normalized spacial score (nSPS) is 26.3. The number of likely N-dealkylation sites (tertiary alicyclic amines) is 1. The molecule has 0 saturated carbocycles. The second-order valence-electron chi connectivity index (χ2n) is 5.29. The van der Waals surface area contributed by atoms with Crippen molar-refractivity contribution in [2.75, 3.05) is 13.1 Å². The van der Waals surface area contributed by atoms with Crippen LogP contribution in [0.5, 0.6) is 0 Å². The van der Waals surface area contributed by atoms with E-state index in [4.69, 9.17) is 4.42 Å². The van der Waals surface area contributed by atoms with Crippen LogP contribution in [0.15, 0.2) is 23.0 Å². The third kappa shape index (κ3) is 2.29. The fraction of sp³-hybridized carbons (Fsp3) is 0.643. The number of furan rings is 1. The Hall–Kier alpha value is -1.29. The number of hydrogen-bond donors (Lipinski definition) is 1. The Labute approximate surface area is 108 Å². The molecule has 4 nitrogen and oxygen atoms in total. The highest BCUT2D eigenvalue weighted by Gasteiger charge is 2.45. The molecule has 1 saturated heterocycles. The zero-order valence-corrected chi connectivity index (χ0v) is 11.1. The number of hydrogen-bond acceptors (Lipinski definition) is 3. The number of rotatable bonds is 5. The molecule has 0 bridgehead atoms. The highest BCUT2D eigenvalue weighted by atomic mass is 16.4. The minimum Gasteiger partial charge on any atom is -0.481 e. The monoisotopic (exact) mass is 251 g/mol. The molecule has 0 aliphatic carbocycles. The van der Waals surface area contributed by atoms with Crippen LogP contribution in [0, 0.1) is 5.41 Å². The lowest BCUT2D eigenvalue weighted by molar-refractivity contribution is -0.148. The van der Waals surface area contributed by atoms with Crippen LogP contribution in [0.1, 0.15) is 44.7 Å². The first-order valence-electron chi connectivity index (χ1n) is 6.58. The fourth-order valence-corrected chi connectivity index (χ4v) is 2.92. The Morgan fingerprint density at radius 3 is 3.00 bits per heavy atom. The standard InChI is InChI=1S/C14H21NO3/c1-3-5-14(13(16)17)6-7-15(10-14)11(2)12-4-8-18-9-12/h4,8-9,11H,3,5-7,10H2,1-2H3,(H,16,17). The molecule has 0 amide bonds. The van der Waals surface area contributed by atoms with Gasteiger partial charge in [0.2, 0.25) is 0 Å². The quantitative estimate of drug-likeness (QED) is 0.874. The Balaban J connectivity index is 2.09. The van der Waals surface area contributed by atoms with Crippen LogP contribution in [0.25, 0.3) is 0 Å². The van der Waals surface area contributed by atoms with Crippen LogP contribution in [-0.4, -0.2) is 29.1 Å². The van der Waals surface area contributed by atoms with Crippen molar-refractivity contribution in [3.8, 4) is 0 Å². The van der Waals surface area contributed by atoms with Gasteiger partial charge in [0.15, 0.2) is 0 Å². The summed E-state index contributed by atoms with van der Waals surface area (Å²) in [6, 6.07) is 2.17. The third-order valence-electron chi connectivity index (χ3n) is 4.14. The Kier molecular flexibility index (Phi) is 3.76. The van der Waals surface area contributed by atoms with Gasteiger partial charge in [-0.05, 0) is 32.4 Å². The molecule has 1 aromatic heterocycles. The summed E-state index contributed by atoms with van der Waals surface area (Å²) < 4.78 is 5.10. The summed E-state index contributed by atoms with van der Waals surface area (Å²) in [6.07, 6.45) is 5.83. The van der Waals surface area contributed by atoms with Gasteiger partial charge in [-0.15, -0.1) is 0 Å². The van der Waals surface area contributed by atoms with Crippen LogP contribution in [0.2, 0.25) is 0 Å². The molecule has 0 radical (unpaired) electrons. The second-order valence-corrected chi connectivity index (χ2v) is 5.29. The van der Waals surface area contributed by atoms with Gasteiger partial charge >= 0.3 is 5.97 Å². The van der Waals surface area contributed by atoms with Crippen molar-refractivity contribution >= 4 is 5.97 Å². The van der Waals surface area contributed by atoms with Crippen molar-refractivity contribution in [3.05, 3.63) is 24.2 Å². The molecule has 1 fully saturated rings. The van der Waals surface area contributed by atoms with Gasteiger partial charge < -0.3 is 9.52 Å². The van der Waals surface area contributed by atoms with E-state index >= 15 is 0 Å². The zero-order valence-electron chi connectivity index (χ0n) is 11.1. The van der Waals surface area contributed by atoms with Crippen molar-refractivity contribution < 1.29 is 14.3 Å². The highest BCUT2D eigenvalue weighted by Crippen LogP contribution is 2.39. The molecule has 0 aromatic carbocycles. The molecule has 1 aliphatic rings. The van der Waals surface area contributed by atoms with Crippen molar-refractivity contribution in [2.45, 2.75) is 39.2 Å². The second kappa shape index (κ2) is 5.14. The molecule has 1 N–H and O–H groups in total. The van der Waals surface area contributed by atoms with Gasteiger partial charge in [0.05, 0.1) is 17.9 Å². The molecule has 4 heteroatoms. The smallest absolute Gasteiger partial charge is 0.310 e. The third-order valence-corrected chi connectivity index (χ3v) is 4.14. The van der Waals surface area contributed by atoms with Crippen molar-refractivity contribution in [3.63, 3.8) is 0 Å². The van der Waals surface area contributed by atoms with Gasteiger partial charge in [0.1, 0.15) is 0 Å². The molecule has 0 spiro atoms. The predicted octanol–water partition coefficient (Wildman–Crippen LogP) is 2.92. The SMILES string of the molecule is CCCC1(C(=O)O)CCN(C(C)c2ccoc2)C1. The number of carboxylic acids is 1. The first-order valence-corrected chi connectivity index (χ1v) is 6.58. The van der Waals surface area contributed by atoms with Crippen LogP contribution < -0.4 is 0 Å². The van der Waals surface area contributed by atoms with Gasteiger partial charge in [0.25, 0.3) is 0 Å². The summed E-state index contributed by atoms with van der Waals surface area (Å²) in [5.74, 6) is -0.647. The minimum atomic E-state index is -0.647. The molecular weight excluding hydrogens is 230 g/mol. The predicted molar refractivity (Wildman–Crippen MR) is 68.3 cm³/mol. The first-order chi connectivity index (χ1) is 8.59. The van der Waals surface area contributed by atoms with E-state index in [1.807, 2.05) is 13.0 Å². The summed E-state index contributed by atoms with van der Waals surface area (Å²) in [5, 5.41) is 9.48. The lowest BCUT2D eigenvalue weighted by Crippen LogP contribution is -2.35. The summed E-state index contributed by atoms with van der Waals surface area (Å²) in [6.45, 7) is 5.64. The number of carboxylic acid groups (broad SMARTS) is 1. The van der Waals surface area contributed by atoms with Gasteiger partial charge in [0, 0.05) is 18.2 Å². The first kappa shape index (κ1) is 13.1. The maximum absolute atomic E-state index is 11.5. The topological polar surface area (TPSA) is 53.7 Å². The largest absolute Gasteiger partial charge is 0.481 e. The van der Waals surface area contributed by atoms with Gasteiger partial charge in [-0.1, -0.05) is 13.3 Å². The molecule has 18 heavy (non-hydrogen) atoms. The van der Waals surface area contributed by atoms with E-state index in [-0.39, 0.29) is 6.04 Å². The lowest BCUT2D eigenvalue weighted by Gasteiger charge is -2.27. The van der Waals surface area contributed by atoms with Crippen molar-refractivity contribution in [1.29, 1.82) is 0 Å². The maximum Gasteiger partial charge on any atom is 0.310 e. The van der Waals surface area contributed by atoms with Crippen molar-refractivity contribution in [1.82, 2.24) is 4.90 Å². The summed E-state index contributed by atoms with van der Waals surface area (Å²) in [5.41, 5.74) is 0.569. The van der Waals surface area contributed by atoms with Gasteiger partial charge in [-0.3, -0.25) is 9.69 Å². The Morgan fingerprint density at radius 2 is 2.44 bits per heavy atom. The summed E-state index contributed by atoms with van der Waals surface area (Å²) >= 11 is 0.